The van der Waals surface area contributed by atoms with E-state index in [-0.39, 0.29) is 5.91 Å². The highest BCUT2D eigenvalue weighted by Gasteiger charge is 2.20. The number of thiophene rings is 1. The molecule has 1 saturated heterocycles. The van der Waals surface area contributed by atoms with Gasteiger partial charge in [0.2, 0.25) is 11.8 Å². The molecule has 0 radical (unpaired) electrons. The summed E-state index contributed by atoms with van der Waals surface area (Å²) in [5.41, 5.74) is 1.66. The normalized spacial score (nSPS) is 14.3. The molecule has 9 nitrogen and oxygen atoms in total. The third-order valence-corrected chi connectivity index (χ3v) is 6.45. The van der Waals surface area contributed by atoms with Crippen molar-refractivity contribution in [1.29, 1.82) is 0 Å². The predicted molar refractivity (Wildman–Crippen MR) is 135 cm³/mol. The van der Waals surface area contributed by atoms with Gasteiger partial charge < -0.3 is 24.6 Å². The minimum atomic E-state index is -0.0966. The minimum Gasteiger partial charge on any atom is -0.481 e. The van der Waals surface area contributed by atoms with Crippen LogP contribution in [0.3, 0.4) is 0 Å². The van der Waals surface area contributed by atoms with E-state index in [9.17, 15) is 4.79 Å². The van der Waals surface area contributed by atoms with Gasteiger partial charge in [-0.05, 0) is 45.3 Å². The number of methoxy groups -OCH3 is 1. The van der Waals surface area contributed by atoms with Gasteiger partial charge >= 0.3 is 0 Å². The number of pyridine rings is 1. The first-order valence-electron chi connectivity index (χ1n) is 11.3. The largest absolute Gasteiger partial charge is 0.481 e. The zero-order chi connectivity index (χ0) is 23.9. The molecule has 1 fully saturated rings. The summed E-state index contributed by atoms with van der Waals surface area (Å²) in [4.78, 5) is 31.5. The molecule has 0 unspecified atom stereocenters. The predicted octanol–water partition coefficient (Wildman–Crippen LogP) is 2.68. The van der Waals surface area contributed by atoms with E-state index in [1.165, 1.54) is 0 Å². The lowest BCUT2D eigenvalue weighted by Gasteiger charge is -2.28. The topological polar surface area (TPSA) is 92.7 Å². The van der Waals surface area contributed by atoms with Gasteiger partial charge in [0, 0.05) is 48.4 Å². The van der Waals surface area contributed by atoms with Crippen LogP contribution in [0.15, 0.2) is 30.5 Å². The number of morpholine rings is 1. The fourth-order valence-electron chi connectivity index (χ4n) is 3.59. The second-order valence-electron chi connectivity index (χ2n) is 8.20. The molecule has 4 rings (SSSR count). The molecule has 0 aliphatic carbocycles. The van der Waals surface area contributed by atoms with Crippen molar-refractivity contribution in [3.8, 4) is 17.3 Å². The Balaban J connectivity index is 1.59. The molecule has 3 aromatic heterocycles. The number of aromatic nitrogens is 3. The number of amides is 1. The molecule has 3 aromatic rings. The lowest BCUT2D eigenvalue weighted by atomic mass is 10.2. The van der Waals surface area contributed by atoms with E-state index in [0.29, 0.717) is 31.5 Å². The zero-order valence-corrected chi connectivity index (χ0v) is 20.6. The van der Waals surface area contributed by atoms with Gasteiger partial charge in [-0.1, -0.05) is 0 Å². The molecule has 0 saturated carbocycles. The molecule has 0 spiro atoms. The molecule has 0 bridgehead atoms. The maximum Gasteiger partial charge on any atom is 0.244 e. The van der Waals surface area contributed by atoms with Crippen LogP contribution in [0.2, 0.25) is 0 Å². The van der Waals surface area contributed by atoms with E-state index in [1.807, 2.05) is 32.3 Å². The molecule has 34 heavy (non-hydrogen) atoms. The first kappa shape index (κ1) is 24.1. The van der Waals surface area contributed by atoms with Crippen LogP contribution in [-0.4, -0.2) is 86.4 Å². The number of rotatable bonds is 9. The van der Waals surface area contributed by atoms with Crippen molar-refractivity contribution in [3.63, 3.8) is 0 Å². The van der Waals surface area contributed by atoms with Crippen LogP contribution in [0.5, 0.6) is 5.88 Å². The Bertz CT molecular complexity index is 1140. The summed E-state index contributed by atoms with van der Waals surface area (Å²) in [6.07, 6.45) is 6.05. The standard InChI is InChI=1S/C24H30N6O3S/c1-29(2)10-4-9-25-20(31)7-6-18-15-19-22(34-18)24(30-11-13-33-14-12-30)28-23(27-19)17-5-8-21(32-3)26-16-17/h5-8,15-16H,4,9-14H2,1-3H3,(H,25,31)/b7-6+. The lowest BCUT2D eigenvalue weighted by Crippen LogP contribution is -2.36. The molecule has 1 amide bonds. The van der Waals surface area contributed by atoms with Crippen molar-refractivity contribution < 1.29 is 14.3 Å². The summed E-state index contributed by atoms with van der Waals surface area (Å²) < 4.78 is 11.7. The van der Waals surface area contributed by atoms with Gasteiger partial charge in [-0.15, -0.1) is 11.3 Å². The van der Waals surface area contributed by atoms with E-state index in [0.717, 1.165) is 52.5 Å². The van der Waals surface area contributed by atoms with Crippen molar-refractivity contribution >= 4 is 39.4 Å². The Hall–Kier alpha value is -3.08. The molecule has 10 heteroatoms. The summed E-state index contributed by atoms with van der Waals surface area (Å²) in [5.74, 6) is 1.94. The van der Waals surface area contributed by atoms with Crippen LogP contribution in [0.25, 0.3) is 27.7 Å². The summed E-state index contributed by atoms with van der Waals surface area (Å²) in [6.45, 7) is 4.46. The Morgan fingerprint density at radius 3 is 2.82 bits per heavy atom. The van der Waals surface area contributed by atoms with Crippen LogP contribution < -0.4 is 15.0 Å². The number of nitrogens with one attached hydrogen (secondary N) is 1. The van der Waals surface area contributed by atoms with E-state index in [2.05, 4.69) is 20.1 Å². The number of nitrogens with zero attached hydrogens (tertiary/aromatic N) is 5. The highest BCUT2D eigenvalue weighted by Crippen LogP contribution is 2.35. The Kier molecular flexibility index (Phi) is 8.04. The van der Waals surface area contributed by atoms with Crippen molar-refractivity contribution in [2.24, 2.45) is 0 Å². The average Bonchev–Trinajstić information content (AvgIpc) is 3.28. The zero-order valence-electron chi connectivity index (χ0n) is 19.8. The van der Waals surface area contributed by atoms with Crippen molar-refractivity contribution in [2.45, 2.75) is 6.42 Å². The van der Waals surface area contributed by atoms with E-state index < -0.39 is 0 Å². The van der Waals surface area contributed by atoms with Crippen LogP contribution >= 0.6 is 11.3 Å². The first-order valence-corrected chi connectivity index (χ1v) is 12.1. The number of ether oxygens (including phenoxy) is 2. The summed E-state index contributed by atoms with van der Waals surface area (Å²) >= 11 is 1.59. The molecule has 4 heterocycles. The van der Waals surface area contributed by atoms with Crippen molar-refractivity contribution in [3.05, 3.63) is 35.3 Å². The lowest BCUT2D eigenvalue weighted by molar-refractivity contribution is -0.116. The smallest absolute Gasteiger partial charge is 0.244 e. The quantitative estimate of drug-likeness (QED) is 0.368. The molecule has 1 aliphatic heterocycles. The van der Waals surface area contributed by atoms with Gasteiger partial charge in [0.1, 0.15) is 0 Å². The van der Waals surface area contributed by atoms with Gasteiger partial charge in [0.15, 0.2) is 11.6 Å². The van der Waals surface area contributed by atoms with Crippen LogP contribution in [0, 0.1) is 0 Å². The number of anilines is 1. The molecular weight excluding hydrogens is 452 g/mol. The van der Waals surface area contributed by atoms with Crippen LogP contribution in [-0.2, 0) is 9.53 Å². The molecular formula is C24H30N6O3S. The average molecular weight is 483 g/mol. The highest BCUT2D eigenvalue weighted by molar-refractivity contribution is 7.20. The van der Waals surface area contributed by atoms with Gasteiger partial charge in [-0.2, -0.15) is 0 Å². The third kappa shape index (κ3) is 6.07. The van der Waals surface area contributed by atoms with Crippen molar-refractivity contribution in [2.75, 3.05) is 65.5 Å². The SMILES string of the molecule is COc1ccc(-c2nc(N3CCOCC3)c3sc(/C=C/C(=O)NCCCN(C)C)cc3n2)cn1. The fourth-order valence-corrected chi connectivity index (χ4v) is 4.61. The van der Waals surface area contributed by atoms with E-state index in [4.69, 9.17) is 19.4 Å². The van der Waals surface area contributed by atoms with E-state index >= 15 is 0 Å². The second kappa shape index (κ2) is 11.4. The minimum absolute atomic E-state index is 0.0966. The Morgan fingerprint density at radius 2 is 2.12 bits per heavy atom. The number of carbonyl (C=O) groups excluding carboxylic acids is 1. The van der Waals surface area contributed by atoms with Crippen LogP contribution in [0.4, 0.5) is 5.82 Å². The summed E-state index contributed by atoms with van der Waals surface area (Å²) in [7, 11) is 5.63. The van der Waals surface area contributed by atoms with Gasteiger partial charge in [-0.25, -0.2) is 15.0 Å². The number of fused-ring (bicyclic) bond motifs is 1. The molecule has 0 atom stereocenters. The van der Waals surface area contributed by atoms with Gasteiger partial charge in [0.25, 0.3) is 0 Å². The Morgan fingerprint density at radius 1 is 1.29 bits per heavy atom. The first-order chi connectivity index (χ1) is 16.5. The van der Waals surface area contributed by atoms with Gasteiger partial charge in [-0.3, -0.25) is 4.79 Å². The summed E-state index contributed by atoms with van der Waals surface area (Å²) in [5, 5.41) is 2.93. The molecule has 0 aromatic carbocycles. The summed E-state index contributed by atoms with van der Waals surface area (Å²) in [6, 6.07) is 5.71. The maximum absolute atomic E-state index is 12.2. The molecule has 1 N–H and O–H groups in total. The third-order valence-electron chi connectivity index (χ3n) is 5.37. The highest BCUT2D eigenvalue weighted by atomic mass is 32.1. The Labute approximate surface area is 203 Å². The second-order valence-corrected chi connectivity index (χ2v) is 9.29. The molecule has 180 valence electrons. The van der Waals surface area contributed by atoms with Crippen molar-refractivity contribution in [1.82, 2.24) is 25.2 Å². The number of hydrogen-bond donors (Lipinski definition) is 1. The monoisotopic (exact) mass is 482 g/mol. The van der Waals surface area contributed by atoms with Crippen LogP contribution in [0.1, 0.15) is 11.3 Å². The fraction of sp³-hybridized carbons (Fsp3) is 0.417. The molecule has 1 aliphatic rings. The number of carbonyl (C=O) groups is 1. The van der Waals surface area contributed by atoms with E-state index in [1.54, 1.807) is 36.8 Å². The maximum atomic E-state index is 12.2. The van der Waals surface area contributed by atoms with Gasteiger partial charge in [0.05, 0.1) is 30.5 Å². The number of hydrogen-bond acceptors (Lipinski definition) is 9.